The molecule has 2 amide bonds. The van der Waals surface area contributed by atoms with E-state index < -0.39 is 23.1 Å². The summed E-state index contributed by atoms with van der Waals surface area (Å²) in [6.45, 7) is 8.65. The van der Waals surface area contributed by atoms with Crippen molar-refractivity contribution in [2.75, 3.05) is 13.1 Å². The molecule has 0 aliphatic rings. The molecule has 0 fully saturated rings. The molecule has 0 saturated carbocycles. The molecule has 116 valence electrons. The van der Waals surface area contributed by atoms with Crippen LogP contribution in [0.4, 0.5) is 4.79 Å². The molecule has 0 heterocycles. The Morgan fingerprint density at radius 1 is 1.00 bits per heavy atom. The monoisotopic (exact) mass is 288 g/mol. The molecule has 7 heteroatoms. The average molecular weight is 288 g/mol. The Hall–Kier alpha value is -1.79. The Labute approximate surface area is 119 Å². The number of carbonyl (C=O) groups excluding carboxylic acids is 2. The third-order valence-corrected chi connectivity index (χ3v) is 2.30. The lowest BCUT2D eigenvalue weighted by Gasteiger charge is -2.20. The number of aliphatic carboxylic acids is 1. The van der Waals surface area contributed by atoms with Crippen LogP contribution in [0, 0.1) is 5.41 Å². The largest absolute Gasteiger partial charge is 0.481 e. The van der Waals surface area contributed by atoms with Crippen molar-refractivity contribution in [1.82, 2.24) is 10.6 Å². The molecule has 0 aliphatic carbocycles. The Balaban J connectivity index is 3.89. The summed E-state index contributed by atoms with van der Waals surface area (Å²) in [7, 11) is 0. The molecule has 3 N–H and O–H groups in total. The van der Waals surface area contributed by atoms with E-state index in [1.54, 1.807) is 20.8 Å². The lowest BCUT2D eigenvalue weighted by atomic mass is 9.89. The Kier molecular flexibility index (Phi) is 6.48. The molecule has 0 aromatic heterocycles. The van der Waals surface area contributed by atoms with E-state index in [9.17, 15) is 14.4 Å². The van der Waals surface area contributed by atoms with Crippen LogP contribution >= 0.6 is 0 Å². The maximum Gasteiger partial charge on any atom is 0.407 e. The molecule has 20 heavy (non-hydrogen) atoms. The number of carbonyl (C=O) groups is 3. The molecule has 0 aromatic rings. The van der Waals surface area contributed by atoms with Crippen LogP contribution in [-0.4, -0.2) is 41.8 Å². The van der Waals surface area contributed by atoms with E-state index in [0.29, 0.717) is 0 Å². The number of hydrogen-bond donors (Lipinski definition) is 3. The highest BCUT2D eigenvalue weighted by Crippen LogP contribution is 2.19. The maximum absolute atomic E-state index is 11.5. The zero-order chi connectivity index (χ0) is 16.0. The Morgan fingerprint density at radius 2 is 1.50 bits per heavy atom. The van der Waals surface area contributed by atoms with E-state index in [1.165, 1.54) is 13.8 Å². The number of rotatable bonds is 6. The summed E-state index contributed by atoms with van der Waals surface area (Å²) >= 11 is 0. The van der Waals surface area contributed by atoms with Crippen molar-refractivity contribution in [2.24, 2.45) is 5.41 Å². The van der Waals surface area contributed by atoms with Gasteiger partial charge < -0.3 is 20.5 Å². The summed E-state index contributed by atoms with van der Waals surface area (Å²) in [5.41, 5.74) is -1.68. The van der Waals surface area contributed by atoms with Gasteiger partial charge >= 0.3 is 12.1 Å². The third-order valence-electron chi connectivity index (χ3n) is 2.30. The van der Waals surface area contributed by atoms with E-state index in [1.807, 2.05) is 0 Å². The quantitative estimate of drug-likeness (QED) is 0.635. The zero-order valence-corrected chi connectivity index (χ0v) is 12.7. The van der Waals surface area contributed by atoms with Crippen molar-refractivity contribution < 1.29 is 24.2 Å². The van der Waals surface area contributed by atoms with Crippen LogP contribution in [0.15, 0.2) is 0 Å². The molecule has 0 atom stereocenters. The Bertz CT molecular complexity index is 371. The van der Waals surface area contributed by atoms with Gasteiger partial charge in [0.2, 0.25) is 5.91 Å². The predicted octanol–water partition coefficient (Wildman–Crippen LogP) is 1.13. The minimum Gasteiger partial charge on any atom is -0.481 e. The zero-order valence-electron chi connectivity index (χ0n) is 12.7. The van der Waals surface area contributed by atoms with Gasteiger partial charge in [-0.05, 0) is 34.6 Å². The van der Waals surface area contributed by atoms with Crippen molar-refractivity contribution in [2.45, 2.75) is 46.6 Å². The first-order chi connectivity index (χ1) is 8.94. The SMILES string of the molecule is CC(C)(C)OC(=O)NCCNC(=O)CC(C)(C)C(=O)O. The van der Waals surface area contributed by atoms with E-state index in [4.69, 9.17) is 9.84 Å². The van der Waals surface area contributed by atoms with E-state index >= 15 is 0 Å². The van der Waals surface area contributed by atoms with Gasteiger partial charge in [0, 0.05) is 19.5 Å². The average Bonchev–Trinajstić information content (AvgIpc) is 2.21. The molecular formula is C13H24N2O5. The summed E-state index contributed by atoms with van der Waals surface area (Å²) in [6, 6.07) is 0. The van der Waals surface area contributed by atoms with Gasteiger partial charge in [0.15, 0.2) is 0 Å². The molecule has 0 radical (unpaired) electrons. The summed E-state index contributed by atoms with van der Waals surface area (Å²) in [5, 5.41) is 13.9. The Morgan fingerprint density at radius 3 is 1.95 bits per heavy atom. The third kappa shape index (κ3) is 8.34. The first kappa shape index (κ1) is 18.2. The fraction of sp³-hybridized carbons (Fsp3) is 0.769. The highest BCUT2D eigenvalue weighted by Gasteiger charge is 2.29. The lowest BCUT2D eigenvalue weighted by Crippen LogP contribution is -2.39. The second-order valence-corrected chi connectivity index (χ2v) is 6.14. The van der Waals surface area contributed by atoms with Gasteiger partial charge in [0.25, 0.3) is 0 Å². The fourth-order valence-corrected chi connectivity index (χ4v) is 1.22. The topological polar surface area (TPSA) is 105 Å². The fourth-order valence-electron chi connectivity index (χ4n) is 1.22. The van der Waals surface area contributed by atoms with Crippen molar-refractivity contribution in [3.63, 3.8) is 0 Å². The van der Waals surface area contributed by atoms with Gasteiger partial charge in [-0.25, -0.2) is 4.79 Å². The molecule has 0 aromatic carbocycles. The van der Waals surface area contributed by atoms with Crippen molar-refractivity contribution in [3.05, 3.63) is 0 Å². The smallest absolute Gasteiger partial charge is 0.407 e. The second-order valence-electron chi connectivity index (χ2n) is 6.14. The molecule has 0 rings (SSSR count). The first-order valence-electron chi connectivity index (χ1n) is 6.41. The molecule has 0 saturated heterocycles. The predicted molar refractivity (Wildman–Crippen MR) is 73.3 cm³/mol. The summed E-state index contributed by atoms with van der Waals surface area (Å²) in [6.07, 6.45) is -0.674. The van der Waals surface area contributed by atoms with Crippen molar-refractivity contribution in [1.29, 1.82) is 0 Å². The number of hydrogen-bond acceptors (Lipinski definition) is 4. The number of carboxylic acids is 1. The van der Waals surface area contributed by atoms with Crippen molar-refractivity contribution in [3.8, 4) is 0 Å². The van der Waals surface area contributed by atoms with Gasteiger partial charge in [-0.1, -0.05) is 0 Å². The van der Waals surface area contributed by atoms with Crippen LogP contribution in [0.1, 0.15) is 41.0 Å². The van der Waals surface area contributed by atoms with Crippen molar-refractivity contribution >= 4 is 18.0 Å². The maximum atomic E-state index is 11.5. The number of amides is 2. The number of alkyl carbamates (subject to hydrolysis) is 1. The van der Waals surface area contributed by atoms with E-state index in [-0.39, 0.29) is 25.4 Å². The van der Waals surface area contributed by atoms with Gasteiger partial charge in [-0.15, -0.1) is 0 Å². The summed E-state index contributed by atoms with van der Waals surface area (Å²) < 4.78 is 5.02. The normalized spacial score (nSPS) is 11.7. The minimum atomic E-state index is -1.11. The van der Waals surface area contributed by atoms with Gasteiger partial charge in [-0.3, -0.25) is 9.59 Å². The molecule has 0 bridgehead atoms. The van der Waals surface area contributed by atoms with Gasteiger partial charge in [0.1, 0.15) is 5.60 Å². The lowest BCUT2D eigenvalue weighted by molar-refractivity contribution is -0.149. The molecule has 0 aliphatic heterocycles. The first-order valence-corrected chi connectivity index (χ1v) is 6.41. The molecule has 0 spiro atoms. The van der Waals surface area contributed by atoms with Crippen LogP contribution in [0.2, 0.25) is 0 Å². The summed E-state index contributed by atoms with van der Waals surface area (Å²) in [5.74, 6) is -1.40. The van der Waals surface area contributed by atoms with E-state index in [2.05, 4.69) is 10.6 Å². The number of carboxylic acid groups (broad SMARTS) is 1. The minimum absolute atomic E-state index is 0.116. The molecular weight excluding hydrogens is 264 g/mol. The van der Waals surface area contributed by atoms with Crippen LogP contribution in [-0.2, 0) is 14.3 Å². The van der Waals surface area contributed by atoms with Crippen LogP contribution in [0.25, 0.3) is 0 Å². The second kappa shape index (κ2) is 7.12. The van der Waals surface area contributed by atoms with Crippen LogP contribution < -0.4 is 10.6 Å². The summed E-state index contributed by atoms with van der Waals surface area (Å²) in [4.78, 5) is 33.7. The highest BCUT2D eigenvalue weighted by atomic mass is 16.6. The number of ether oxygens (including phenoxy) is 1. The standard InChI is InChI=1S/C13H24N2O5/c1-12(2,3)20-11(19)15-7-6-14-9(16)8-13(4,5)10(17)18/h6-8H2,1-5H3,(H,14,16)(H,15,19)(H,17,18). The number of nitrogens with one attached hydrogen (secondary N) is 2. The highest BCUT2D eigenvalue weighted by molar-refractivity contribution is 5.84. The van der Waals surface area contributed by atoms with Crippen LogP contribution in [0.5, 0.6) is 0 Å². The van der Waals surface area contributed by atoms with Gasteiger partial charge in [-0.2, -0.15) is 0 Å². The molecule has 7 nitrogen and oxygen atoms in total. The van der Waals surface area contributed by atoms with Gasteiger partial charge in [0.05, 0.1) is 5.41 Å². The van der Waals surface area contributed by atoms with Crippen LogP contribution in [0.3, 0.4) is 0 Å². The molecule has 0 unspecified atom stereocenters. The van der Waals surface area contributed by atoms with E-state index in [0.717, 1.165) is 0 Å².